The third-order valence-corrected chi connectivity index (χ3v) is 3.55. The number of hydrogen-bond acceptors (Lipinski definition) is 2. The van der Waals surface area contributed by atoms with Crippen molar-refractivity contribution in [1.29, 1.82) is 0 Å². The highest BCUT2D eigenvalue weighted by Gasteiger charge is 2.32. The van der Waals surface area contributed by atoms with Crippen LogP contribution >= 0.6 is 15.9 Å². The molecule has 1 aliphatic rings. The van der Waals surface area contributed by atoms with Crippen molar-refractivity contribution in [3.63, 3.8) is 0 Å². The summed E-state index contributed by atoms with van der Waals surface area (Å²) in [6.45, 7) is 1.94. The van der Waals surface area contributed by atoms with Gasteiger partial charge in [0.05, 0.1) is 10.9 Å². The van der Waals surface area contributed by atoms with E-state index >= 15 is 0 Å². The van der Waals surface area contributed by atoms with Gasteiger partial charge in [0.1, 0.15) is 11.9 Å². The zero-order chi connectivity index (χ0) is 9.42. The Kier molecular flexibility index (Phi) is 2.30. The van der Waals surface area contributed by atoms with Crippen LogP contribution in [0.4, 0.5) is 0 Å². The molecule has 1 aromatic rings. The summed E-state index contributed by atoms with van der Waals surface area (Å²) in [5.41, 5.74) is 0.863. The second-order valence-electron chi connectivity index (χ2n) is 3.25. The molecule has 0 bridgehead atoms. The average Bonchev–Trinajstić information content (AvgIpc) is 2.15. The minimum absolute atomic E-state index is 0.00454. The van der Waals surface area contributed by atoms with Crippen LogP contribution in [0.25, 0.3) is 0 Å². The van der Waals surface area contributed by atoms with Gasteiger partial charge in [0.15, 0.2) is 0 Å². The van der Waals surface area contributed by atoms with Crippen molar-refractivity contribution in [2.75, 3.05) is 0 Å². The summed E-state index contributed by atoms with van der Waals surface area (Å²) in [7, 11) is 0. The Morgan fingerprint density at radius 1 is 1.38 bits per heavy atom. The van der Waals surface area contributed by atoms with Crippen molar-refractivity contribution in [1.82, 2.24) is 0 Å². The molecule has 0 fully saturated rings. The first-order valence-electron chi connectivity index (χ1n) is 4.28. The molecule has 70 valence electrons. The lowest BCUT2D eigenvalue weighted by molar-refractivity contribution is 0.0857. The Balaban J connectivity index is 2.43. The molecule has 0 amide bonds. The fourth-order valence-corrected chi connectivity index (χ4v) is 1.92. The van der Waals surface area contributed by atoms with E-state index in [9.17, 15) is 5.11 Å². The molecular formula is C10H11BrO2. The smallest absolute Gasteiger partial charge is 0.125 e. The van der Waals surface area contributed by atoms with Crippen LogP contribution in [0.3, 0.4) is 0 Å². The predicted octanol–water partition coefficient (Wildman–Crippen LogP) is 2.26. The van der Waals surface area contributed by atoms with Gasteiger partial charge < -0.3 is 9.84 Å². The third kappa shape index (κ3) is 1.46. The second-order valence-corrected chi connectivity index (χ2v) is 4.31. The summed E-state index contributed by atoms with van der Waals surface area (Å²) in [5.74, 6) is 0.790. The van der Waals surface area contributed by atoms with Crippen molar-refractivity contribution < 1.29 is 9.84 Å². The van der Waals surface area contributed by atoms with Crippen LogP contribution in [0.1, 0.15) is 18.6 Å². The van der Waals surface area contributed by atoms with Crippen molar-refractivity contribution in [2.24, 2.45) is 0 Å². The summed E-state index contributed by atoms with van der Waals surface area (Å²) in [4.78, 5) is -0.0256. The lowest BCUT2D eigenvalue weighted by Gasteiger charge is -2.31. The summed E-state index contributed by atoms with van der Waals surface area (Å²) < 4.78 is 5.61. The fourth-order valence-electron chi connectivity index (χ4n) is 1.53. The van der Waals surface area contributed by atoms with E-state index in [1.165, 1.54) is 0 Å². The molecule has 13 heavy (non-hydrogen) atoms. The van der Waals surface area contributed by atoms with Crippen molar-refractivity contribution >= 4 is 15.9 Å². The summed E-state index contributed by atoms with van der Waals surface area (Å²) in [6, 6.07) is 7.59. The third-order valence-electron chi connectivity index (χ3n) is 2.30. The van der Waals surface area contributed by atoms with Crippen LogP contribution in [-0.4, -0.2) is 16.0 Å². The molecule has 3 atom stereocenters. The molecule has 0 saturated carbocycles. The first-order valence-corrected chi connectivity index (χ1v) is 5.19. The molecule has 0 saturated heterocycles. The van der Waals surface area contributed by atoms with Gasteiger partial charge in [-0.3, -0.25) is 0 Å². The fraction of sp³-hybridized carbons (Fsp3) is 0.400. The number of ether oxygens (including phenoxy) is 1. The van der Waals surface area contributed by atoms with Crippen molar-refractivity contribution in [3.05, 3.63) is 29.8 Å². The highest BCUT2D eigenvalue weighted by atomic mass is 79.9. The van der Waals surface area contributed by atoms with Gasteiger partial charge in [-0.15, -0.1) is 0 Å². The molecule has 1 aliphatic heterocycles. The monoisotopic (exact) mass is 242 g/mol. The maximum atomic E-state index is 9.87. The zero-order valence-electron chi connectivity index (χ0n) is 7.27. The lowest BCUT2D eigenvalue weighted by atomic mass is 10.00. The number of aliphatic hydroxyl groups excluding tert-OH is 1. The molecule has 1 N–H and O–H groups in total. The van der Waals surface area contributed by atoms with E-state index in [1.54, 1.807) is 0 Å². The Labute approximate surface area is 85.7 Å². The number of benzene rings is 1. The Morgan fingerprint density at radius 2 is 2.08 bits per heavy atom. The van der Waals surface area contributed by atoms with Crippen LogP contribution in [0.15, 0.2) is 24.3 Å². The SMILES string of the molecule is CC1Oc2ccccc2C(O)C1Br. The van der Waals surface area contributed by atoms with Crippen molar-refractivity contribution in [2.45, 2.75) is 24.0 Å². The van der Waals surface area contributed by atoms with E-state index in [2.05, 4.69) is 15.9 Å². The van der Waals surface area contributed by atoms with Gasteiger partial charge in [-0.2, -0.15) is 0 Å². The van der Waals surface area contributed by atoms with Gasteiger partial charge in [0.25, 0.3) is 0 Å². The molecule has 3 heteroatoms. The van der Waals surface area contributed by atoms with E-state index in [0.717, 1.165) is 11.3 Å². The van der Waals surface area contributed by atoms with Crippen LogP contribution in [0.2, 0.25) is 0 Å². The first kappa shape index (κ1) is 9.03. The molecule has 1 aromatic carbocycles. The Morgan fingerprint density at radius 3 is 2.85 bits per heavy atom. The summed E-state index contributed by atoms with van der Waals surface area (Å²) in [6.07, 6.45) is -0.468. The quantitative estimate of drug-likeness (QED) is 0.708. The number of para-hydroxylation sites is 1. The normalized spacial score (nSPS) is 32.1. The van der Waals surface area contributed by atoms with E-state index in [4.69, 9.17) is 4.74 Å². The maximum absolute atomic E-state index is 9.87. The average molecular weight is 243 g/mol. The van der Waals surface area contributed by atoms with E-state index < -0.39 is 6.10 Å². The molecular weight excluding hydrogens is 232 g/mol. The molecule has 0 aliphatic carbocycles. The van der Waals surface area contributed by atoms with E-state index in [1.807, 2.05) is 31.2 Å². The van der Waals surface area contributed by atoms with Gasteiger partial charge in [-0.25, -0.2) is 0 Å². The van der Waals surface area contributed by atoms with Gasteiger partial charge in [-0.05, 0) is 13.0 Å². The zero-order valence-corrected chi connectivity index (χ0v) is 8.86. The number of hydrogen-bond donors (Lipinski definition) is 1. The van der Waals surface area contributed by atoms with E-state index in [0.29, 0.717) is 0 Å². The van der Waals surface area contributed by atoms with Crippen molar-refractivity contribution in [3.8, 4) is 5.75 Å². The molecule has 2 rings (SSSR count). The number of aliphatic hydroxyl groups is 1. The summed E-state index contributed by atoms with van der Waals surface area (Å²) in [5, 5.41) is 9.87. The molecule has 0 spiro atoms. The standard InChI is InChI=1S/C10H11BrO2/c1-6-9(11)10(12)7-4-2-3-5-8(7)13-6/h2-6,9-10,12H,1H3. The van der Waals surface area contributed by atoms with Crippen LogP contribution in [0, 0.1) is 0 Å². The van der Waals surface area contributed by atoms with Gasteiger partial charge in [0, 0.05) is 5.56 Å². The molecule has 0 radical (unpaired) electrons. The first-order chi connectivity index (χ1) is 6.20. The molecule has 0 aromatic heterocycles. The highest BCUT2D eigenvalue weighted by Crippen LogP contribution is 2.37. The minimum Gasteiger partial charge on any atom is -0.489 e. The van der Waals surface area contributed by atoms with Gasteiger partial charge >= 0.3 is 0 Å². The Bertz CT molecular complexity index is 314. The van der Waals surface area contributed by atoms with Crippen LogP contribution in [0.5, 0.6) is 5.75 Å². The Hall–Kier alpha value is -0.540. The number of halogens is 1. The van der Waals surface area contributed by atoms with Crippen LogP contribution < -0.4 is 4.74 Å². The predicted molar refractivity (Wildman–Crippen MR) is 54.2 cm³/mol. The topological polar surface area (TPSA) is 29.5 Å². The molecule has 1 heterocycles. The van der Waals surface area contributed by atoms with Gasteiger partial charge in [0.2, 0.25) is 0 Å². The lowest BCUT2D eigenvalue weighted by Crippen LogP contribution is -2.34. The van der Waals surface area contributed by atoms with Gasteiger partial charge in [-0.1, -0.05) is 34.1 Å². The maximum Gasteiger partial charge on any atom is 0.125 e. The minimum atomic E-state index is -0.472. The number of fused-ring (bicyclic) bond motifs is 1. The summed E-state index contributed by atoms with van der Waals surface area (Å²) >= 11 is 3.41. The largest absolute Gasteiger partial charge is 0.489 e. The molecule has 3 unspecified atom stereocenters. The number of rotatable bonds is 0. The highest BCUT2D eigenvalue weighted by molar-refractivity contribution is 9.09. The van der Waals surface area contributed by atoms with E-state index in [-0.39, 0.29) is 10.9 Å². The molecule has 2 nitrogen and oxygen atoms in total. The van der Waals surface area contributed by atoms with Crippen LogP contribution in [-0.2, 0) is 0 Å². The second kappa shape index (κ2) is 3.31. The number of alkyl halides is 1.